The van der Waals surface area contributed by atoms with E-state index in [2.05, 4.69) is 53.9 Å². The van der Waals surface area contributed by atoms with Crippen LogP contribution in [0.3, 0.4) is 0 Å². The molecule has 1 aliphatic carbocycles. The van der Waals surface area contributed by atoms with Gasteiger partial charge in [0.25, 0.3) is 0 Å². The Morgan fingerprint density at radius 1 is 1.18 bits per heavy atom. The van der Waals surface area contributed by atoms with Crippen LogP contribution in [0.5, 0.6) is 0 Å². The molecule has 0 saturated heterocycles. The minimum atomic E-state index is 0.0163. The van der Waals surface area contributed by atoms with Crippen LogP contribution < -0.4 is 0 Å². The number of nitrogens with zero attached hydrogens (tertiary/aromatic N) is 3. The van der Waals surface area contributed by atoms with Crippen LogP contribution in [-0.2, 0) is 35.5 Å². The number of carbonyl (C=O) groups is 1. The average Bonchev–Trinajstić information content (AvgIpc) is 3.44. The van der Waals surface area contributed by atoms with Gasteiger partial charge in [-0.3, -0.25) is 14.3 Å². The van der Waals surface area contributed by atoms with E-state index in [4.69, 9.17) is 4.74 Å². The fraction of sp³-hybridized carbons (Fsp3) is 0.500. The number of ether oxygens (including phenoxy) is 1. The average molecular weight is 447 g/mol. The van der Waals surface area contributed by atoms with Gasteiger partial charge in [-0.1, -0.05) is 30.5 Å². The van der Waals surface area contributed by atoms with Crippen molar-refractivity contribution < 1.29 is 14.0 Å². The third kappa shape index (κ3) is 4.56. The maximum atomic E-state index is 12.5. The summed E-state index contributed by atoms with van der Waals surface area (Å²) < 4.78 is 9.15. The standard InChI is InChI=1S/C28H36N3O2/c1-20-8-11-26-24(16-20)25-18-31(3,19-33-28(32)23-6-4-5-7-23)15-13-27(25)30(26)14-12-22-10-9-21(2)29-17-22/h8-11,16-17,23H,4-7,12-15,18-19H2,1-3H3/q+1. The number of esters is 1. The third-order valence-electron chi connectivity index (χ3n) is 7.67. The molecule has 1 unspecified atom stereocenters. The summed E-state index contributed by atoms with van der Waals surface area (Å²) in [6, 6.07) is 11.1. The summed E-state index contributed by atoms with van der Waals surface area (Å²) in [6.07, 6.45) is 8.30. The molecule has 33 heavy (non-hydrogen) atoms. The molecule has 0 radical (unpaired) electrons. The van der Waals surface area contributed by atoms with Crippen molar-refractivity contribution in [1.82, 2.24) is 9.55 Å². The second-order valence-electron chi connectivity index (χ2n) is 10.5. The van der Waals surface area contributed by atoms with Gasteiger partial charge in [0.2, 0.25) is 6.73 Å². The van der Waals surface area contributed by atoms with Gasteiger partial charge in [-0.05, 0) is 56.9 Å². The molecule has 1 saturated carbocycles. The van der Waals surface area contributed by atoms with Crippen LogP contribution in [0.25, 0.3) is 10.9 Å². The van der Waals surface area contributed by atoms with E-state index in [1.54, 1.807) is 0 Å². The molecule has 174 valence electrons. The van der Waals surface area contributed by atoms with Gasteiger partial charge in [-0.15, -0.1) is 0 Å². The van der Waals surface area contributed by atoms with Crippen molar-refractivity contribution >= 4 is 16.9 Å². The lowest BCUT2D eigenvalue weighted by Gasteiger charge is -2.37. The number of hydrogen-bond acceptors (Lipinski definition) is 3. The number of fused-ring (bicyclic) bond motifs is 3. The fourth-order valence-electron chi connectivity index (χ4n) is 5.64. The zero-order chi connectivity index (χ0) is 23.0. The Bertz CT molecular complexity index is 1160. The number of benzene rings is 1. The number of rotatable bonds is 6. The maximum absolute atomic E-state index is 12.5. The quantitative estimate of drug-likeness (QED) is 0.391. The zero-order valence-electron chi connectivity index (χ0n) is 20.3. The summed E-state index contributed by atoms with van der Waals surface area (Å²) >= 11 is 0. The molecule has 0 spiro atoms. The Hall–Kier alpha value is -2.66. The minimum absolute atomic E-state index is 0.0163. The summed E-state index contributed by atoms with van der Waals surface area (Å²) in [5, 5.41) is 1.36. The van der Waals surface area contributed by atoms with Gasteiger partial charge in [0.05, 0.1) is 19.5 Å². The van der Waals surface area contributed by atoms with Crippen molar-refractivity contribution in [3.05, 3.63) is 64.6 Å². The Morgan fingerprint density at radius 2 is 2.00 bits per heavy atom. The second-order valence-corrected chi connectivity index (χ2v) is 10.5. The molecule has 2 aliphatic rings. The number of aromatic nitrogens is 2. The zero-order valence-corrected chi connectivity index (χ0v) is 20.3. The van der Waals surface area contributed by atoms with Gasteiger partial charge in [0.15, 0.2) is 0 Å². The van der Waals surface area contributed by atoms with Crippen molar-refractivity contribution in [2.24, 2.45) is 5.92 Å². The van der Waals surface area contributed by atoms with Crippen LogP contribution in [-0.4, -0.2) is 40.3 Å². The highest BCUT2D eigenvalue weighted by molar-refractivity contribution is 5.86. The molecule has 1 atom stereocenters. The van der Waals surface area contributed by atoms with Crippen molar-refractivity contribution in [2.75, 3.05) is 20.3 Å². The smallest absolute Gasteiger partial charge is 0.313 e. The van der Waals surface area contributed by atoms with Crippen LogP contribution in [0.4, 0.5) is 0 Å². The molecule has 2 aromatic heterocycles. The Kier molecular flexibility index (Phi) is 6.00. The lowest BCUT2D eigenvalue weighted by molar-refractivity contribution is -0.940. The highest BCUT2D eigenvalue weighted by atomic mass is 16.5. The summed E-state index contributed by atoms with van der Waals surface area (Å²) in [5.74, 6) is 0.139. The van der Waals surface area contributed by atoms with E-state index >= 15 is 0 Å². The largest absolute Gasteiger partial charge is 0.415 e. The van der Waals surface area contributed by atoms with Crippen molar-refractivity contribution in [1.29, 1.82) is 0 Å². The second kappa shape index (κ2) is 8.94. The van der Waals surface area contributed by atoms with E-state index in [0.29, 0.717) is 6.73 Å². The molecule has 0 N–H and O–H groups in total. The van der Waals surface area contributed by atoms with E-state index in [-0.39, 0.29) is 11.9 Å². The molecule has 3 heterocycles. The minimum Gasteiger partial charge on any atom is -0.415 e. The SMILES string of the molecule is Cc1ccc2c(c1)c1c(n2CCc2ccc(C)nc2)CC[N+](C)(COC(=O)C2CCCC2)C1. The fourth-order valence-corrected chi connectivity index (χ4v) is 5.64. The molecule has 5 rings (SSSR count). The maximum Gasteiger partial charge on any atom is 0.313 e. The molecule has 0 bridgehead atoms. The lowest BCUT2D eigenvalue weighted by Crippen LogP contribution is -2.49. The normalized spacial score (nSPS) is 20.8. The first kappa shape index (κ1) is 22.1. The van der Waals surface area contributed by atoms with E-state index in [1.165, 1.54) is 33.3 Å². The van der Waals surface area contributed by atoms with Crippen molar-refractivity contribution in [2.45, 2.75) is 65.5 Å². The number of pyridine rings is 1. The van der Waals surface area contributed by atoms with Crippen LogP contribution in [0, 0.1) is 19.8 Å². The van der Waals surface area contributed by atoms with Crippen LogP contribution in [0.15, 0.2) is 36.5 Å². The van der Waals surface area contributed by atoms with Crippen molar-refractivity contribution in [3.8, 4) is 0 Å². The summed E-state index contributed by atoms with van der Waals surface area (Å²) in [5.41, 5.74) is 7.83. The Labute approximate surface area is 197 Å². The van der Waals surface area contributed by atoms with Crippen molar-refractivity contribution in [3.63, 3.8) is 0 Å². The highest BCUT2D eigenvalue weighted by Crippen LogP contribution is 2.34. The summed E-state index contributed by atoms with van der Waals surface area (Å²) in [6.45, 7) is 7.53. The van der Waals surface area contributed by atoms with Crippen LogP contribution in [0.2, 0.25) is 0 Å². The molecular weight excluding hydrogens is 410 g/mol. The molecular formula is C28H36N3O2+. The first-order valence-electron chi connectivity index (χ1n) is 12.4. The Morgan fingerprint density at radius 3 is 2.76 bits per heavy atom. The van der Waals surface area contributed by atoms with Gasteiger partial charge in [0.1, 0.15) is 6.54 Å². The van der Waals surface area contributed by atoms with E-state index in [0.717, 1.165) is 68.3 Å². The number of aryl methyl sites for hydroxylation is 4. The first-order chi connectivity index (χ1) is 15.9. The van der Waals surface area contributed by atoms with E-state index < -0.39 is 0 Å². The number of likely N-dealkylation sites (N-methyl/N-ethyl adjacent to an activating group) is 1. The van der Waals surface area contributed by atoms with Gasteiger partial charge >= 0.3 is 5.97 Å². The number of hydrogen-bond donors (Lipinski definition) is 0. The number of quaternary nitrogens is 1. The molecule has 1 aromatic carbocycles. The van der Waals surface area contributed by atoms with E-state index in [9.17, 15) is 4.79 Å². The molecule has 5 nitrogen and oxygen atoms in total. The molecule has 5 heteroatoms. The first-order valence-corrected chi connectivity index (χ1v) is 12.4. The molecule has 1 aliphatic heterocycles. The van der Waals surface area contributed by atoms with E-state index in [1.807, 2.05) is 13.1 Å². The topological polar surface area (TPSA) is 44.1 Å². The summed E-state index contributed by atoms with van der Waals surface area (Å²) in [4.78, 5) is 17.0. The Balaban J connectivity index is 1.38. The predicted molar refractivity (Wildman–Crippen MR) is 131 cm³/mol. The molecule has 0 amide bonds. The molecule has 1 fully saturated rings. The summed E-state index contributed by atoms with van der Waals surface area (Å²) in [7, 11) is 2.24. The lowest BCUT2D eigenvalue weighted by atomic mass is 10.0. The highest BCUT2D eigenvalue weighted by Gasteiger charge is 2.35. The predicted octanol–water partition coefficient (Wildman–Crippen LogP) is 5.09. The number of carbonyl (C=O) groups excluding carboxylic acids is 1. The van der Waals surface area contributed by atoms with Gasteiger partial charge < -0.3 is 9.30 Å². The van der Waals surface area contributed by atoms with Gasteiger partial charge in [-0.25, -0.2) is 0 Å². The monoisotopic (exact) mass is 446 g/mol. The third-order valence-corrected chi connectivity index (χ3v) is 7.67. The van der Waals surface area contributed by atoms with Crippen LogP contribution >= 0.6 is 0 Å². The van der Waals surface area contributed by atoms with Gasteiger partial charge in [-0.2, -0.15) is 0 Å². The van der Waals surface area contributed by atoms with Gasteiger partial charge in [0, 0.05) is 47.0 Å². The van der Waals surface area contributed by atoms with Crippen LogP contribution in [0.1, 0.15) is 53.8 Å². The molecule has 3 aromatic rings.